The molecule has 0 amide bonds. The van der Waals surface area contributed by atoms with E-state index in [0.29, 0.717) is 32.9 Å². The molecule has 11 heteroatoms. The maximum Gasteiger partial charge on any atom is 0.314 e. The van der Waals surface area contributed by atoms with Crippen molar-refractivity contribution in [3.63, 3.8) is 0 Å². The summed E-state index contributed by atoms with van der Waals surface area (Å²) >= 11 is 6.10. The van der Waals surface area contributed by atoms with Gasteiger partial charge in [-0.25, -0.2) is 10.2 Å². The normalized spacial score (nSPS) is 17.0. The molecule has 2 unspecified atom stereocenters. The Hall–Kier alpha value is -3.86. The van der Waals surface area contributed by atoms with Gasteiger partial charge in [-0.3, -0.25) is 4.98 Å². The van der Waals surface area contributed by atoms with Crippen LogP contribution >= 0.6 is 11.6 Å². The monoisotopic (exact) mass is 570 g/mol. The van der Waals surface area contributed by atoms with E-state index in [1.54, 1.807) is 18.2 Å². The predicted octanol–water partition coefficient (Wildman–Crippen LogP) is 5.06. The topological polar surface area (TPSA) is 102 Å². The van der Waals surface area contributed by atoms with Gasteiger partial charge in [-0.15, -0.1) is 0 Å². The minimum atomic E-state index is -1.63. The van der Waals surface area contributed by atoms with Gasteiger partial charge in [0.15, 0.2) is 11.6 Å². The zero-order valence-electron chi connectivity index (χ0n) is 22.0. The van der Waals surface area contributed by atoms with Crippen LogP contribution in [0.5, 0.6) is 5.75 Å². The second kappa shape index (κ2) is 10.3. The molecular formula is C29H28ClF3N5O2+. The lowest BCUT2D eigenvalue weighted by Crippen LogP contribution is -2.60. The molecule has 208 valence electrons. The van der Waals surface area contributed by atoms with Gasteiger partial charge in [0.25, 0.3) is 5.69 Å². The van der Waals surface area contributed by atoms with Crippen LogP contribution in [0.25, 0.3) is 27.9 Å². The Morgan fingerprint density at radius 3 is 2.55 bits per heavy atom. The Morgan fingerprint density at radius 1 is 1.20 bits per heavy atom. The molecular weight excluding hydrogens is 543 g/mol. The molecule has 0 aliphatic carbocycles. The van der Waals surface area contributed by atoms with Crippen molar-refractivity contribution < 1.29 is 27.6 Å². The average Bonchev–Trinajstić information content (AvgIpc) is 2.90. The lowest BCUT2D eigenvalue weighted by atomic mass is 9.86. The Balaban J connectivity index is 1.48. The van der Waals surface area contributed by atoms with Crippen LogP contribution in [0.1, 0.15) is 42.9 Å². The van der Waals surface area contributed by atoms with Crippen LogP contribution in [0.2, 0.25) is 5.02 Å². The molecule has 5 rings (SSSR count). The molecule has 0 saturated carbocycles. The van der Waals surface area contributed by atoms with E-state index in [-0.39, 0.29) is 29.1 Å². The molecule has 7 nitrogen and oxygen atoms in total. The number of hydrazine groups is 1. The molecule has 1 aliphatic rings. The van der Waals surface area contributed by atoms with E-state index in [1.807, 2.05) is 0 Å². The Morgan fingerprint density at radius 2 is 1.90 bits per heavy atom. The first-order valence-electron chi connectivity index (χ1n) is 12.4. The Kier molecular flexibility index (Phi) is 7.11. The highest BCUT2D eigenvalue weighted by Crippen LogP contribution is 2.41. The van der Waals surface area contributed by atoms with Crippen molar-refractivity contribution in [2.24, 2.45) is 11.6 Å². The fourth-order valence-corrected chi connectivity index (χ4v) is 5.14. The van der Waals surface area contributed by atoms with Crippen molar-refractivity contribution >= 4 is 28.2 Å². The quantitative estimate of drug-likeness (QED) is 0.163. The summed E-state index contributed by atoms with van der Waals surface area (Å²) in [6.07, 6.45) is 1.36. The first kappa shape index (κ1) is 27.7. The highest BCUT2D eigenvalue weighted by Gasteiger charge is 2.53. The van der Waals surface area contributed by atoms with Gasteiger partial charge in [0.1, 0.15) is 17.1 Å². The Bertz CT molecular complexity index is 1640. The summed E-state index contributed by atoms with van der Waals surface area (Å²) < 4.78 is 51.5. The fourth-order valence-electron chi connectivity index (χ4n) is 4.98. The highest BCUT2D eigenvalue weighted by atomic mass is 35.5. The number of halogens is 4. The summed E-state index contributed by atoms with van der Waals surface area (Å²) in [6.45, 7) is 2.88. The largest absolute Gasteiger partial charge is 0.494 e. The lowest BCUT2D eigenvalue weighted by Gasteiger charge is -2.33. The summed E-state index contributed by atoms with van der Waals surface area (Å²) in [6, 6.07) is 11.8. The molecule has 2 aromatic carbocycles. The molecule has 2 aromatic heterocycles. The average molecular weight is 571 g/mol. The van der Waals surface area contributed by atoms with Crippen molar-refractivity contribution in [3.8, 4) is 17.0 Å². The number of fused-ring (bicyclic) bond motifs is 2. The first-order valence-corrected chi connectivity index (χ1v) is 12.8. The van der Waals surface area contributed by atoms with Crippen LogP contribution < -0.4 is 20.9 Å². The van der Waals surface area contributed by atoms with Crippen LogP contribution in [0, 0.1) is 11.6 Å². The van der Waals surface area contributed by atoms with Crippen molar-refractivity contribution in [2.75, 3.05) is 13.7 Å². The van der Waals surface area contributed by atoms with E-state index in [1.165, 1.54) is 73.3 Å². The van der Waals surface area contributed by atoms with Gasteiger partial charge in [0, 0.05) is 40.5 Å². The van der Waals surface area contributed by atoms with Gasteiger partial charge < -0.3 is 20.6 Å². The van der Waals surface area contributed by atoms with Crippen molar-refractivity contribution in [1.82, 2.24) is 9.99 Å². The van der Waals surface area contributed by atoms with Crippen molar-refractivity contribution in [3.05, 3.63) is 94.4 Å². The number of hydrogen-bond donors (Lipinski definition) is 3. The number of hydrogen-bond acceptors (Lipinski definition) is 6. The van der Waals surface area contributed by atoms with Gasteiger partial charge in [-0.1, -0.05) is 11.6 Å². The minimum absolute atomic E-state index is 0.000244. The molecule has 0 fully saturated rings. The number of methoxy groups -OCH3 is 1. The maximum absolute atomic E-state index is 15.6. The second-order valence-electron chi connectivity index (χ2n) is 10.2. The number of ether oxygens (including phenoxy) is 1. The van der Waals surface area contributed by atoms with Crippen molar-refractivity contribution in [2.45, 2.75) is 31.7 Å². The van der Waals surface area contributed by atoms with Crippen molar-refractivity contribution in [1.29, 1.82) is 0 Å². The minimum Gasteiger partial charge on any atom is -0.494 e. The smallest absolute Gasteiger partial charge is 0.314 e. The highest BCUT2D eigenvalue weighted by molar-refractivity contribution is 6.31. The number of aliphatic hydroxyl groups is 1. The molecule has 1 aliphatic heterocycles. The third-order valence-electron chi connectivity index (χ3n) is 6.97. The van der Waals surface area contributed by atoms with Crippen LogP contribution in [-0.4, -0.2) is 28.8 Å². The summed E-state index contributed by atoms with van der Waals surface area (Å²) in [7, 11) is 1.52. The molecule has 5 N–H and O–H groups in total. The van der Waals surface area contributed by atoms with Crippen LogP contribution in [0.3, 0.4) is 0 Å². The van der Waals surface area contributed by atoms with Crippen LogP contribution in [0.15, 0.2) is 60.9 Å². The number of benzene rings is 2. The van der Waals surface area contributed by atoms with Gasteiger partial charge in [-0.2, -0.15) is 13.3 Å². The van der Waals surface area contributed by atoms with E-state index in [4.69, 9.17) is 27.9 Å². The summed E-state index contributed by atoms with van der Waals surface area (Å²) in [4.78, 5) is 4.30. The lowest BCUT2D eigenvalue weighted by molar-refractivity contribution is -0.791. The standard InChI is InChI=1S/C29H28ClF3N5O2/c1-29(2,39)21-11-23-20(28(33)38(23)27(25(21)32)15-4-6-19(31)7-5-15)13-37(35)14-22(34)16-8-17-9-18(30)12-36-26(17)24(10-16)40-3/h4-12,14,20,28,39H,13,34-35H2,1-3H3/q+1/b22-14-. The third kappa shape index (κ3) is 4.94. The van der Waals surface area contributed by atoms with E-state index >= 15 is 8.78 Å². The molecule has 40 heavy (non-hydrogen) atoms. The zero-order valence-corrected chi connectivity index (χ0v) is 22.8. The number of nitrogens with two attached hydrogens (primary N) is 2. The number of rotatable bonds is 7. The molecule has 0 saturated heterocycles. The maximum atomic E-state index is 15.6. The molecule has 0 spiro atoms. The predicted molar refractivity (Wildman–Crippen MR) is 146 cm³/mol. The number of aromatic nitrogens is 2. The summed E-state index contributed by atoms with van der Waals surface area (Å²) in [5.41, 5.74) is 6.90. The van der Waals surface area contributed by atoms with Gasteiger partial charge in [0.05, 0.1) is 30.0 Å². The molecule has 2 atom stereocenters. The van der Waals surface area contributed by atoms with E-state index in [9.17, 15) is 9.50 Å². The van der Waals surface area contributed by atoms with E-state index < -0.39 is 29.4 Å². The first-order chi connectivity index (χ1) is 18.9. The molecule has 4 aromatic rings. The van der Waals surface area contributed by atoms with Gasteiger partial charge in [0.2, 0.25) is 5.82 Å². The van der Waals surface area contributed by atoms with Crippen LogP contribution in [-0.2, 0) is 5.60 Å². The second-order valence-corrected chi connectivity index (χ2v) is 10.7. The number of pyridine rings is 2. The third-order valence-corrected chi connectivity index (χ3v) is 7.18. The van der Waals surface area contributed by atoms with Crippen LogP contribution in [0.4, 0.5) is 13.2 Å². The molecule has 0 bridgehead atoms. The zero-order chi connectivity index (χ0) is 28.9. The Labute approximate surface area is 234 Å². The van der Waals surface area contributed by atoms with E-state index in [0.717, 1.165) is 0 Å². The number of alkyl halides is 1. The summed E-state index contributed by atoms with van der Waals surface area (Å²) in [5.74, 6) is 4.69. The van der Waals surface area contributed by atoms with E-state index in [2.05, 4.69) is 4.98 Å². The van der Waals surface area contributed by atoms with Gasteiger partial charge in [-0.05, 0) is 56.3 Å². The SMILES string of the molecule is COc1cc(/C(N)=C/N(N)CC2c3cc(C(C)(C)O)c(F)c(-c4ccc(F)cc4)[n+]3C2F)cc2cc(Cl)cnc12. The number of nitrogens with zero attached hydrogens (tertiary/aromatic N) is 3. The van der Waals surface area contributed by atoms with Gasteiger partial charge >= 0.3 is 6.30 Å². The molecule has 3 heterocycles. The molecule has 0 radical (unpaired) electrons. The summed E-state index contributed by atoms with van der Waals surface area (Å²) in [5, 5.41) is 13.1. The fraction of sp³-hybridized carbons (Fsp3) is 0.241.